The van der Waals surface area contributed by atoms with Gasteiger partial charge in [0.05, 0.1) is 17.9 Å². The van der Waals surface area contributed by atoms with Crippen molar-refractivity contribution in [2.24, 2.45) is 0 Å². The first-order chi connectivity index (χ1) is 13.5. The van der Waals surface area contributed by atoms with E-state index in [9.17, 15) is 9.59 Å². The molecular formula is C19H21N5O3S. The zero-order valence-electron chi connectivity index (χ0n) is 15.7. The van der Waals surface area contributed by atoms with Crippen LogP contribution in [0, 0.1) is 0 Å². The van der Waals surface area contributed by atoms with Crippen LogP contribution in [0.2, 0.25) is 0 Å². The number of pyridine rings is 1. The number of hydrogen-bond donors (Lipinski definition) is 1. The van der Waals surface area contributed by atoms with E-state index in [2.05, 4.69) is 34.0 Å². The Balaban J connectivity index is 1.46. The summed E-state index contributed by atoms with van der Waals surface area (Å²) in [7, 11) is 0. The lowest BCUT2D eigenvalue weighted by molar-refractivity contribution is -0.0707. The minimum absolute atomic E-state index is 0.0173. The summed E-state index contributed by atoms with van der Waals surface area (Å²) in [5.74, 6) is -0.509. The van der Waals surface area contributed by atoms with Gasteiger partial charge in [0, 0.05) is 37.4 Å². The molecule has 3 aromatic rings. The van der Waals surface area contributed by atoms with Gasteiger partial charge in [0.1, 0.15) is 11.2 Å². The number of amides is 1. The zero-order chi connectivity index (χ0) is 19.7. The van der Waals surface area contributed by atoms with E-state index in [4.69, 9.17) is 4.74 Å². The van der Waals surface area contributed by atoms with Gasteiger partial charge in [-0.05, 0) is 26.0 Å². The van der Waals surface area contributed by atoms with Gasteiger partial charge >= 0.3 is 0 Å². The van der Waals surface area contributed by atoms with Gasteiger partial charge in [0.2, 0.25) is 0 Å². The number of morpholine rings is 1. The third kappa shape index (κ3) is 3.96. The van der Waals surface area contributed by atoms with Gasteiger partial charge in [-0.15, -0.1) is 11.3 Å². The van der Waals surface area contributed by atoms with Crippen LogP contribution in [-0.2, 0) is 11.3 Å². The summed E-state index contributed by atoms with van der Waals surface area (Å²) < 4.78 is 7.10. The smallest absolute Gasteiger partial charge is 0.270 e. The zero-order valence-corrected chi connectivity index (χ0v) is 16.5. The number of nitrogens with zero attached hydrogens (tertiary/aromatic N) is 4. The van der Waals surface area contributed by atoms with Crippen molar-refractivity contribution in [2.75, 3.05) is 18.4 Å². The lowest BCUT2D eigenvalue weighted by atomic mass is 10.2. The van der Waals surface area contributed by atoms with Gasteiger partial charge < -0.3 is 4.74 Å². The number of thiazole rings is 1. The molecule has 0 saturated carbocycles. The molecule has 0 aliphatic carbocycles. The number of anilines is 1. The quantitative estimate of drug-likeness (QED) is 0.722. The van der Waals surface area contributed by atoms with Crippen molar-refractivity contribution in [3.8, 4) is 0 Å². The molecule has 0 bridgehead atoms. The first-order valence-electron chi connectivity index (χ1n) is 9.09. The van der Waals surface area contributed by atoms with Crippen LogP contribution < -0.4 is 10.9 Å². The van der Waals surface area contributed by atoms with E-state index in [-0.39, 0.29) is 17.8 Å². The third-order valence-electron chi connectivity index (χ3n) is 4.51. The SMILES string of the molecule is CC1CN(Cc2csc(NC(=O)c3cnc4ccccn4c3=O)n2)CC(C)O1. The van der Waals surface area contributed by atoms with Crippen LogP contribution in [0.3, 0.4) is 0 Å². The van der Waals surface area contributed by atoms with Gasteiger partial charge in [-0.2, -0.15) is 0 Å². The standard InChI is InChI=1S/C19H21N5O3S/c1-12-8-23(9-13(2)27-12)10-14-11-28-19(21-14)22-17(25)15-7-20-16-5-3-4-6-24(16)18(15)26/h3-7,11-13H,8-10H2,1-2H3,(H,21,22,25). The molecule has 3 aromatic heterocycles. The summed E-state index contributed by atoms with van der Waals surface area (Å²) in [4.78, 5) is 36.0. The summed E-state index contributed by atoms with van der Waals surface area (Å²) in [6, 6.07) is 5.22. The second kappa shape index (κ2) is 7.78. The van der Waals surface area contributed by atoms with E-state index in [0.717, 1.165) is 18.8 Å². The van der Waals surface area contributed by atoms with Gasteiger partial charge in [-0.25, -0.2) is 9.97 Å². The van der Waals surface area contributed by atoms with E-state index < -0.39 is 11.5 Å². The number of aromatic nitrogens is 3. The molecule has 9 heteroatoms. The molecule has 0 radical (unpaired) electrons. The first kappa shape index (κ1) is 18.7. The Morgan fingerprint density at radius 1 is 1.32 bits per heavy atom. The molecule has 4 rings (SSSR count). The minimum Gasteiger partial charge on any atom is -0.373 e. The topological polar surface area (TPSA) is 88.8 Å². The molecule has 28 heavy (non-hydrogen) atoms. The Morgan fingerprint density at radius 2 is 2.11 bits per heavy atom. The van der Waals surface area contributed by atoms with Crippen LogP contribution in [-0.4, -0.2) is 50.5 Å². The minimum atomic E-state index is -0.509. The second-order valence-electron chi connectivity index (χ2n) is 6.96. The Hall–Kier alpha value is -2.62. The second-order valence-corrected chi connectivity index (χ2v) is 7.81. The van der Waals surface area contributed by atoms with Crippen molar-refractivity contribution >= 4 is 28.0 Å². The van der Waals surface area contributed by atoms with Crippen LogP contribution in [0.1, 0.15) is 29.9 Å². The van der Waals surface area contributed by atoms with E-state index in [1.165, 1.54) is 21.9 Å². The van der Waals surface area contributed by atoms with E-state index >= 15 is 0 Å². The summed E-state index contributed by atoms with van der Waals surface area (Å²) in [5.41, 5.74) is 0.956. The van der Waals surface area contributed by atoms with Crippen LogP contribution in [0.15, 0.2) is 40.8 Å². The Bertz CT molecular complexity index is 1050. The highest BCUT2D eigenvalue weighted by molar-refractivity contribution is 7.13. The average molecular weight is 399 g/mol. The van der Waals surface area contributed by atoms with Crippen molar-refractivity contribution in [2.45, 2.75) is 32.6 Å². The van der Waals surface area contributed by atoms with Crippen molar-refractivity contribution < 1.29 is 9.53 Å². The maximum Gasteiger partial charge on any atom is 0.270 e. The highest BCUT2D eigenvalue weighted by Crippen LogP contribution is 2.19. The number of carbonyl (C=O) groups is 1. The highest BCUT2D eigenvalue weighted by Gasteiger charge is 2.23. The normalized spacial score (nSPS) is 20.4. The Kier molecular flexibility index (Phi) is 5.21. The monoisotopic (exact) mass is 399 g/mol. The Morgan fingerprint density at radius 3 is 2.89 bits per heavy atom. The Labute approximate surface area is 165 Å². The molecular weight excluding hydrogens is 378 g/mol. The number of carbonyl (C=O) groups excluding carboxylic acids is 1. The average Bonchev–Trinajstić information content (AvgIpc) is 3.08. The fourth-order valence-corrected chi connectivity index (χ4v) is 4.12. The van der Waals surface area contributed by atoms with E-state index in [1.54, 1.807) is 24.4 Å². The van der Waals surface area contributed by atoms with Crippen molar-refractivity contribution in [1.82, 2.24) is 19.3 Å². The third-order valence-corrected chi connectivity index (χ3v) is 5.32. The number of hydrogen-bond acceptors (Lipinski definition) is 7. The van der Waals surface area contributed by atoms with Crippen LogP contribution >= 0.6 is 11.3 Å². The van der Waals surface area contributed by atoms with Gasteiger partial charge in [-0.3, -0.25) is 24.2 Å². The maximum atomic E-state index is 12.5. The largest absolute Gasteiger partial charge is 0.373 e. The molecule has 1 saturated heterocycles. The first-order valence-corrected chi connectivity index (χ1v) is 9.97. The molecule has 1 N–H and O–H groups in total. The highest BCUT2D eigenvalue weighted by atomic mass is 32.1. The number of rotatable bonds is 4. The predicted molar refractivity (Wildman–Crippen MR) is 107 cm³/mol. The fourth-order valence-electron chi connectivity index (χ4n) is 3.43. The van der Waals surface area contributed by atoms with Gasteiger partial charge in [0.15, 0.2) is 5.13 Å². The van der Waals surface area contributed by atoms with Crippen molar-refractivity contribution in [3.05, 3.63) is 57.6 Å². The maximum absolute atomic E-state index is 12.5. The fraction of sp³-hybridized carbons (Fsp3) is 0.368. The van der Waals surface area contributed by atoms with Crippen molar-refractivity contribution in [3.63, 3.8) is 0 Å². The lowest BCUT2D eigenvalue weighted by Gasteiger charge is -2.34. The molecule has 0 aromatic carbocycles. The molecule has 8 nitrogen and oxygen atoms in total. The van der Waals surface area contributed by atoms with E-state index in [0.29, 0.717) is 17.3 Å². The molecule has 1 fully saturated rings. The van der Waals surface area contributed by atoms with Crippen LogP contribution in [0.4, 0.5) is 5.13 Å². The van der Waals surface area contributed by atoms with Crippen LogP contribution in [0.25, 0.3) is 5.65 Å². The molecule has 1 amide bonds. The molecule has 0 spiro atoms. The molecule has 1 aliphatic rings. The summed E-state index contributed by atoms with van der Waals surface area (Å²) in [5, 5.41) is 5.10. The summed E-state index contributed by atoms with van der Waals surface area (Å²) >= 11 is 1.34. The number of fused-ring (bicyclic) bond motifs is 1. The van der Waals surface area contributed by atoms with Gasteiger partial charge in [-0.1, -0.05) is 6.07 Å². The van der Waals surface area contributed by atoms with Crippen molar-refractivity contribution in [1.29, 1.82) is 0 Å². The summed E-state index contributed by atoms with van der Waals surface area (Å²) in [6.45, 7) is 6.52. The lowest BCUT2D eigenvalue weighted by Crippen LogP contribution is -2.44. The predicted octanol–water partition coefficient (Wildman–Crippen LogP) is 2.01. The van der Waals surface area contributed by atoms with Gasteiger partial charge in [0.25, 0.3) is 11.5 Å². The number of ether oxygens (including phenoxy) is 1. The molecule has 2 unspecified atom stereocenters. The molecule has 2 atom stereocenters. The van der Waals surface area contributed by atoms with Crippen LogP contribution in [0.5, 0.6) is 0 Å². The molecule has 146 valence electrons. The summed E-state index contributed by atoms with van der Waals surface area (Å²) in [6.07, 6.45) is 3.27. The molecule has 1 aliphatic heterocycles. The number of nitrogens with one attached hydrogen (secondary N) is 1. The molecule has 4 heterocycles. The van der Waals surface area contributed by atoms with E-state index in [1.807, 2.05) is 5.38 Å².